The summed E-state index contributed by atoms with van der Waals surface area (Å²) in [6.07, 6.45) is 2.71. The molecule has 0 unspecified atom stereocenters. The number of aromatic nitrogens is 2. The van der Waals surface area contributed by atoms with Gasteiger partial charge in [0.15, 0.2) is 0 Å². The van der Waals surface area contributed by atoms with Gasteiger partial charge in [-0.25, -0.2) is 4.98 Å². The molecule has 2 aliphatic rings. The molecule has 2 aromatic heterocycles. The van der Waals surface area contributed by atoms with Gasteiger partial charge in [-0.05, 0) is 24.3 Å². The molecule has 1 N–H and O–H groups in total. The number of rotatable bonds is 3. The minimum Gasteiger partial charge on any atom is -0.342 e. The van der Waals surface area contributed by atoms with Crippen molar-refractivity contribution in [3.05, 3.63) is 49.8 Å². The lowest BCUT2D eigenvalue weighted by molar-refractivity contribution is -0.140. The number of hydrogen-bond donors (Lipinski definition) is 1. The number of amides is 1. The lowest BCUT2D eigenvalue weighted by Gasteiger charge is -2.36. The Labute approximate surface area is 176 Å². The fourth-order valence-electron chi connectivity index (χ4n) is 4.31. The van der Waals surface area contributed by atoms with E-state index in [1.165, 1.54) is 4.88 Å². The van der Waals surface area contributed by atoms with E-state index in [-0.39, 0.29) is 22.8 Å². The third-order valence-corrected chi connectivity index (χ3v) is 6.72. The Morgan fingerprint density at radius 2 is 2.17 bits per heavy atom. The number of aromatic amines is 1. The molecule has 2 aromatic rings. The summed E-state index contributed by atoms with van der Waals surface area (Å²) in [5.74, 6) is 1.04. The Morgan fingerprint density at radius 3 is 2.90 bits per heavy atom. The standard InChI is InChI=1S/C22H30N4O2S/c1-22(2,3)21(28)26-9-4-6-15(12-26)19-23-18-8-10-25(13-16-7-5-11-29-16)14-17(18)20(27)24-19/h5,7,11,15H,4,6,8-10,12-14H2,1-3H3,(H,23,24,27)/t15-/m1/s1. The van der Waals surface area contributed by atoms with Crippen LogP contribution < -0.4 is 5.56 Å². The molecule has 0 aliphatic carbocycles. The topological polar surface area (TPSA) is 69.3 Å². The van der Waals surface area contributed by atoms with E-state index < -0.39 is 0 Å². The molecule has 29 heavy (non-hydrogen) atoms. The van der Waals surface area contributed by atoms with Crippen LogP contribution in [0.4, 0.5) is 0 Å². The summed E-state index contributed by atoms with van der Waals surface area (Å²) in [5, 5.41) is 2.09. The summed E-state index contributed by atoms with van der Waals surface area (Å²) >= 11 is 1.75. The summed E-state index contributed by atoms with van der Waals surface area (Å²) in [6.45, 7) is 9.75. The molecular formula is C22H30N4O2S. The van der Waals surface area contributed by atoms with Gasteiger partial charge in [0.05, 0.1) is 11.3 Å². The molecule has 1 saturated heterocycles. The number of carbonyl (C=O) groups excluding carboxylic acids is 1. The number of nitrogens with one attached hydrogen (secondary N) is 1. The van der Waals surface area contributed by atoms with Crippen LogP contribution in [0.15, 0.2) is 22.3 Å². The molecule has 2 aliphatic heterocycles. The van der Waals surface area contributed by atoms with Crippen molar-refractivity contribution in [2.75, 3.05) is 19.6 Å². The van der Waals surface area contributed by atoms with Crippen molar-refractivity contribution in [1.82, 2.24) is 19.8 Å². The maximum absolute atomic E-state index is 12.8. The number of H-pyrrole nitrogens is 1. The fourth-order valence-corrected chi connectivity index (χ4v) is 5.06. The SMILES string of the molecule is CC(C)(C)C(=O)N1CCC[C@@H](c2nc3c(c(=O)[nH]2)CN(Cc2cccs2)CC3)C1. The van der Waals surface area contributed by atoms with Gasteiger partial charge in [-0.3, -0.25) is 14.5 Å². The van der Waals surface area contributed by atoms with Gasteiger partial charge in [-0.2, -0.15) is 0 Å². The maximum atomic E-state index is 12.8. The minimum absolute atomic E-state index is 0.0137. The van der Waals surface area contributed by atoms with Gasteiger partial charge >= 0.3 is 0 Å². The second-order valence-corrected chi connectivity index (χ2v) is 10.3. The highest BCUT2D eigenvalue weighted by Gasteiger charge is 2.33. The van der Waals surface area contributed by atoms with Gasteiger partial charge in [-0.1, -0.05) is 26.8 Å². The summed E-state index contributed by atoms with van der Waals surface area (Å²) in [5.41, 5.74) is 1.34. The zero-order valence-electron chi connectivity index (χ0n) is 17.5. The van der Waals surface area contributed by atoms with E-state index >= 15 is 0 Å². The summed E-state index contributed by atoms with van der Waals surface area (Å²) in [6, 6.07) is 4.20. The quantitative estimate of drug-likeness (QED) is 0.838. The van der Waals surface area contributed by atoms with Gasteiger partial charge in [0.1, 0.15) is 5.82 Å². The molecule has 7 heteroatoms. The average molecular weight is 415 g/mol. The van der Waals surface area contributed by atoms with Gasteiger partial charge < -0.3 is 9.88 Å². The largest absolute Gasteiger partial charge is 0.342 e. The molecule has 0 radical (unpaired) electrons. The number of hydrogen-bond acceptors (Lipinski definition) is 5. The predicted molar refractivity (Wildman–Crippen MR) is 115 cm³/mol. The number of carbonyl (C=O) groups is 1. The number of piperidine rings is 1. The number of fused-ring (bicyclic) bond motifs is 1. The Kier molecular flexibility index (Phi) is 5.62. The molecule has 1 fully saturated rings. The molecule has 0 bridgehead atoms. The molecule has 1 atom stereocenters. The Balaban J connectivity index is 1.50. The van der Waals surface area contributed by atoms with Crippen LogP contribution in [-0.4, -0.2) is 45.3 Å². The van der Waals surface area contributed by atoms with Crippen molar-refractivity contribution in [3.8, 4) is 0 Å². The first-order valence-electron chi connectivity index (χ1n) is 10.5. The first kappa shape index (κ1) is 20.3. The van der Waals surface area contributed by atoms with Crippen LogP contribution in [-0.2, 0) is 24.3 Å². The highest BCUT2D eigenvalue weighted by molar-refractivity contribution is 7.09. The van der Waals surface area contributed by atoms with Crippen LogP contribution in [0.2, 0.25) is 0 Å². The summed E-state index contributed by atoms with van der Waals surface area (Å²) in [7, 11) is 0. The van der Waals surface area contributed by atoms with Crippen molar-refractivity contribution in [2.45, 2.75) is 59.0 Å². The van der Waals surface area contributed by atoms with Crippen LogP contribution in [0.5, 0.6) is 0 Å². The van der Waals surface area contributed by atoms with E-state index in [0.717, 1.165) is 56.0 Å². The molecule has 0 saturated carbocycles. The monoisotopic (exact) mass is 414 g/mol. The molecule has 0 spiro atoms. The second kappa shape index (κ2) is 8.03. The van der Waals surface area contributed by atoms with Crippen LogP contribution in [0.25, 0.3) is 0 Å². The van der Waals surface area contributed by atoms with Gasteiger partial charge in [0.2, 0.25) is 5.91 Å². The average Bonchev–Trinajstić information content (AvgIpc) is 3.20. The van der Waals surface area contributed by atoms with Gasteiger partial charge in [0.25, 0.3) is 5.56 Å². The lowest BCUT2D eigenvalue weighted by Crippen LogP contribution is -2.45. The normalized spacial score (nSPS) is 20.5. The van der Waals surface area contributed by atoms with E-state index in [0.29, 0.717) is 13.1 Å². The fraction of sp³-hybridized carbons (Fsp3) is 0.591. The van der Waals surface area contributed by atoms with E-state index in [9.17, 15) is 9.59 Å². The highest BCUT2D eigenvalue weighted by atomic mass is 32.1. The van der Waals surface area contributed by atoms with Gasteiger partial charge in [0, 0.05) is 55.4 Å². The predicted octanol–water partition coefficient (Wildman–Crippen LogP) is 3.14. The van der Waals surface area contributed by atoms with Gasteiger partial charge in [-0.15, -0.1) is 11.3 Å². The van der Waals surface area contributed by atoms with Crippen molar-refractivity contribution < 1.29 is 4.79 Å². The highest BCUT2D eigenvalue weighted by Crippen LogP contribution is 2.28. The summed E-state index contributed by atoms with van der Waals surface area (Å²) < 4.78 is 0. The molecular weight excluding hydrogens is 384 g/mol. The van der Waals surface area contributed by atoms with Crippen LogP contribution in [0.3, 0.4) is 0 Å². The first-order valence-corrected chi connectivity index (χ1v) is 11.4. The van der Waals surface area contributed by atoms with Crippen LogP contribution in [0.1, 0.15) is 61.5 Å². The van der Waals surface area contributed by atoms with E-state index in [4.69, 9.17) is 4.98 Å². The third-order valence-electron chi connectivity index (χ3n) is 5.86. The zero-order valence-corrected chi connectivity index (χ0v) is 18.3. The molecule has 4 heterocycles. The lowest BCUT2D eigenvalue weighted by atomic mass is 9.90. The smallest absolute Gasteiger partial charge is 0.255 e. The molecule has 156 valence electrons. The van der Waals surface area contributed by atoms with Crippen molar-refractivity contribution in [3.63, 3.8) is 0 Å². The third kappa shape index (κ3) is 4.46. The van der Waals surface area contributed by atoms with Crippen molar-refractivity contribution in [2.24, 2.45) is 5.41 Å². The number of nitrogens with zero attached hydrogens (tertiary/aromatic N) is 3. The van der Waals surface area contributed by atoms with Crippen LogP contribution in [0, 0.1) is 5.41 Å². The Hall–Kier alpha value is -1.99. The number of thiophene rings is 1. The Bertz CT molecular complexity index is 929. The van der Waals surface area contributed by atoms with E-state index in [2.05, 4.69) is 27.4 Å². The molecule has 1 amide bonds. The van der Waals surface area contributed by atoms with E-state index in [1.54, 1.807) is 11.3 Å². The van der Waals surface area contributed by atoms with Crippen LogP contribution >= 0.6 is 11.3 Å². The second-order valence-electron chi connectivity index (χ2n) is 9.26. The van der Waals surface area contributed by atoms with Crippen molar-refractivity contribution in [1.29, 1.82) is 0 Å². The Morgan fingerprint density at radius 1 is 1.34 bits per heavy atom. The zero-order chi connectivity index (χ0) is 20.6. The minimum atomic E-state index is -0.384. The molecule has 6 nitrogen and oxygen atoms in total. The first-order chi connectivity index (χ1) is 13.8. The number of likely N-dealkylation sites (tertiary alicyclic amines) is 1. The molecule has 4 rings (SSSR count). The van der Waals surface area contributed by atoms with Crippen molar-refractivity contribution >= 4 is 17.2 Å². The molecule has 0 aromatic carbocycles. The summed E-state index contributed by atoms with van der Waals surface area (Å²) in [4.78, 5) is 39.0. The maximum Gasteiger partial charge on any atom is 0.255 e. The van der Waals surface area contributed by atoms with E-state index in [1.807, 2.05) is 25.7 Å².